The van der Waals surface area contributed by atoms with Crippen molar-refractivity contribution in [3.8, 4) is 0 Å². The van der Waals surface area contributed by atoms with Crippen molar-refractivity contribution in [1.29, 1.82) is 0 Å². The summed E-state index contributed by atoms with van der Waals surface area (Å²) in [4.78, 5) is 14.0. The number of amides is 1. The minimum Gasteiger partial charge on any atom is -0.354 e. The van der Waals surface area contributed by atoms with Crippen molar-refractivity contribution in [2.24, 2.45) is 11.7 Å². The number of nitrogens with zero attached hydrogens (tertiary/aromatic N) is 1. The maximum Gasteiger partial charge on any atom is 0.236 e. The maximum absolute atomic E-state index is 11.7. The standard InChI is InChI=1S/C12H25N3OS/c1-15-6-3-4-10(9-15)8-14-12(16)11(13)5-7-17-2/h10-11H,3-9,13H2,1-2H3,(H,14,16)/t10?,11-/m0/s1. The molecule has 4 nitrogen and oxygen atoms in total. The number of nitrogens with two attached hydrogens (primary N) is 1. The average molecular weight is 259 g/mol. The van der Waals surface area contributed by atoms with Gasteiger partial charge in [-0.3, -0.25) is 4.79 Å². The molecule has 1 amide bonds. The lowest BCUT2D eigenvalue weighted by molar-refractivity contribution is -0.122. The normalized spacial score (nSPS) is 23.4. The summed E-state index contributed by atoms with van der Waals surface area (Å²) in [5.74, 6) is 1.54. The topological polar surface area (TPSA) is 58.4 Å². The van der Waals surface area contributed by atoms with Crippen molar-refractivity contribution in [2.75, 3.05) is 38.7 Å². The summed E-state index contributed by atoms with van der Waals surface area (Å²) in [6.07, 6.45) is 5.24. The number of likely N-dealkylation sites (tertiary alicyclic amines) is 1. The summed E-state index contributed by atoms with van der Waals surface area (Å²) in [6.45, 7) is 3.04. The van der Waals surface area contributed by atoms with Crippen molar-refractivity contribution in [2.45, 2.75) is 25.3 Å². The van der Waals surface area contributed by atoms with Gasteiger partial charge in [0.2, 0.25) is 5.91 Å². The zero-order chi connectivity index (χ0) is 12.7. The molecule has 0 aromatic carbocycles. The molecular formula is C12H25N3OS. The van der Waals surface area contributed by atoms with Gasteiger partial charge in [-0.1, -0.05) is 0 Å². The highest BCUT2D eigenvalue weighted by Gasteiger charge is 2.19. The monoisotopic (exact) mass is 259 g/mol. The Bertz CT molecular complexity index is 238. The molecule has 1 heterocycles. The fraction of sp³-hybridized carbons (Fsp3) is 0.917. The van der Waals surface area contributed by atoms with E-state index in [-0.39, 0.29) is 11.9 Å². The first kappa shape index (κ1) is 14.8. The van der Waals surface area contributed by atoms with Crippen LogP contribution in [0.5, 0.6) is 0 Å². The molecule has 0 radical (unpaired) electrons. The largest absolute Gasteiger partial charge is 0.354 e. The lowest BCUT2D eigenvalue weighted by Gasteiger charge is -2.29. The van der Waals surface area contributed by atoms with Crippen LogP contribution in [0.4, 0.5) is 0 Å². The predicted molar refractivity (Wildman–Crippen MR) is 74.2 cm³/mol. The van der Waals surface area contributed by atoms with Crippen LogP contribution in [0.15, 0.2) is 0 Å². The van der Waals surface area contributed by atoms with Gasteiger partial charge in [-0.15, -0.1) is 0 Å². The van der Waals surface area contributed by atoms with Crippen LogP contribution in [0.2, 0.25) is 0 Å². The van der Waals surface area contributed by atoms with Crippen LogP contribution >= 0.6 is 11.8 Å². The highest BCUT2D eigenvalue weighted by atomic mass is 32.2. The van der Waals surface area contributed by atoms with Crippen LogP contribution < -0.4 is 11.1 Å². The van der Waals surface area contributed by atoms with E-state index in [1.807, 2.05) is 6.26 Å². The number of hydrogen-bond acceptors (Lipinski definition) is 4. The summed E-state index contributed by atoms with van der Waals surface area (Å²) >= 11 is 1.73. The quantitative estimate of drug-likeness (QED) is 0.730. The van der Waals surface area contributed by atoms with E-state index in [2.05, 4.69) is 17.3 Å². The molecule has 1 fully saturated rings. The molecule has 5 heteroatoms. The molecule has 1 saturated heterocycles. The smallest absolute Gasteiger partial charge is 0.236 e. The zero-order valence-corrected chi connectivity index (χ0v) is 11.8. The molecule has 0 aromatic rings. The van der Waals surface area contributed by atoms with E-state index >= 15 is 0 Å². The van der Waals surface area contributed by atoms with Gasteiger partial charge < -0.3 is 16.0 Å². The van der Waals surface area contributed by atoms with Gasteiger partial charge in [-0.05, 0) is 50.8 Å². The molecule has 1 aliphatic heterocycles. The van der Waals surface area contributed by atoms with Crippen LogP contribution in [0.25, 0.3) is 0 Å². The molecule has 0 saturated carbocycles. The summed E-state index contributed by atoms with van der Waals surface area (Å²) in [5, 5.41) is 2.98. The van der Waals surface area contributed by atoms with Gasteiger partial charge in [0.15, 0.2) is 0 Å². The van der Waals surface area contributed by atoms with Crippen LogP contribution in [-0.2, 0) is 4.79 Å². The Hall–Kier alpha value is -0.260. The molecule has 0 spiro atoms. The van der Waals surface area contributed by atoms with Crippen LogP contribution in [0, 0.1) is 5.92 Å². The molecule has 100 valence electrons. The molecule has 0 bridgehead atoms. The molecule has 1 aliphatic rings. The molecule has 2 atom stereocenters. The first-order valence-electron chi connectivity index (χ1n) is 6.34. The SMILES string of the molecule is CSCC[C@H](N)C(=O)NCC1CCCN(C)C1. The fourth-order valence-corrected chi connectivity index (χ4v) is 2.68. The maximum atomic E-state index is 11.7. The van der Waals surface area contributed by atoms with Gasteiger partial charge in [-0.2, -0.15) is 11.8 Å². The zero-order valence-electron chi connectivity index (χ0n) is 10.9. The van der Waals surface area contributed by atoms with E-state index in [0.29, 0.717) is 5.92 Å². The van der Waals surface area contributed by atoms with Gasteiger partial charge >= 0.3 is 0 Å². The molecule has 3 N–H and O–H groups in total. The Morgan fingerprint density at radius 3 is 3.06 bits per heavy atom. The summed E-state index contributed by atoms with van der Waals surface area (Å²) in [6, 6.07) is -0.344. The van der Waals surface area contributed by atoms with E-state index in [0.717, 1.165) is 25.3 Å². The van der Waals surface area contributed by atoms with E-state index < -0.39 is 0 Å². The highest BCUT2D eigenvalue weighted by molar-refractivity contribution is 7.98. The third-order valence-corrected chi connectivity index (χ3v) is 3.90. The van der Waals surface area contributed by atoms with E-state index in [1.54, 1.807) is 11.8 Å². The lowest BCUT2D eigenvalue weighted by Crippen LogP contribution is -2.45. The number of rotatable bonds is 6. The summed E-state index contributed by atoms with van der Waals surface area (Å²) in [7, 11) is 2.14. The molecule has 0 aromatic heterocycles. The van der Waals surface area contributed by atoms with Crippen molar-refractivity contribution >= 4 is 17.7 Å². The van der Waals surface area contributed by atoms with Gasteiger partial charge in [0.05, 0.1) is 6.04 Å². The molecule has 1 unspecified atom stereocenters. The van der Waals surface area contributed by atoms with Gasteiger partial charge in [0, 0.05) is 13.1 Å². The third-order valence-electron chi connectivity index (χ3n) is 3.26. The van der Waals surface area contributed by atoms with Crippen molar-refractivity contribution < 1.29 is 4.79 Å². The number of thioether (sulfide) groups is 1. The first-order chi connectivity index (χ1) is 8.13. The Kier molecular flexibility index (Phi) is 6.92. The van der Waals surface area contributed by atoms with Crippen molar-refractivity contribution in [3.05, 3.63) is 0 Å². The molecule has 0 aliphatic carbocycles. The minimum atomic E-state index is -0.344. The second-order valence-electron chi connectivity index (χ2n) is 4.90. The highest BCUT2D eigenvalue weighted by Crippen LogP contribution is 2.13. The Morgan fingerprint density at radius 1 is 1.65 bits per heavy atom. The fourth-order valence-electron chi connectivity index (χ4n) is 2.19. The summed E-state index contributed by atoms with van der Waals surface area (Å²) in [5.41, 5.74) is 5.81. The second kappa shape index (κ2) is 7.95. The van der Waals surface area contributed by atoms with Crippen molar-refractivity contribution in [1.82, 2.24) is 10.2 Å². The Morgan fingerprint density at radius 2 is 2.41 bits per heavy atom. The number of nitrogens with one attached hydrogen (secondary N) is 1. The molecule has 1 rings (SSSR count). The Balaban J connectivity index is 2.18. The van der Waals surface area contributed by atoms with Gasteiger partial charge in [0.1, 0.15) is 0 Å². The van der Waals surface area contributed by atoms with Crippen LogP contribution in [0.3, 0.4) is 0 Å². The van der Waals surface area contributed by atoms with E-state index in [1.165, 1.54) is 19.4 Å². The van der Waals surface area contributed by atoms with E-state index in [4.69, 9.17) is 5.73 Å². The molecule has 17 heavy (non-hydrogen) atoms. The van der Waals surface area contributed by atoms with Gasteiger partial charge in [-0.25, -0.2) is 0 Å². The van der Waals surface area contributed by atoms with Crippen LogP contribution in [0.1, 0.15) is 19.3 Å². The van der Waals surface area contributed by atoms with Crippen LogP contribution in [-0.4, -0.2) is 55.5 Å². The second-order valence-corrected chi connectivity index (χ2v) is 5.89. The number of carbonyl (C=O) groups excluding carboxylic acids is 1. The molecular weight excluding hydrogens is 234 g/mol. The average Bonchev–Trinajstić information content (AvgIpc) is 2.33. The number of hydrogen-bond donors (Lipinski definition) is 2. The first-order valence-corrected chi connectivity index (χ1v) is 7.73. The van der Waals surface area contributed by atoms with Gasteiger partial charge in [0.25, 0.3) is 0 Å². The van der Waals surface area contributed by atoms with Crippen molar-refractivity contribution in [3.63, 3.8) is 0 Å². The lowest BCUT2D eigenvalue weighted by atomic mass is 9.98. The Labute approximate surface area is 109 Å². The van der Waals surface area contributed by atoms with E-state index in [9.17, 15) is 4.79 Å². The minimum absolute atomic E-state index is 0.00674. The number of piperidine rings is 1. The number of carbonyl (C=O) groups is 1. The predicted octanol–water partition coefficient (Wildman–Crippen LogP) is 0.525. The summed E-state index contributed by atoms with van der Waals surface area (Å²) < 4.78 is 0. The third kappa shape index (κ3) is 5.75.